The van der Waals surface area contributed by atoms with Crippen LogP contribution < -0.4 is 10.5 Å². The molecule has 1 unspecified atom stereocenters. The molecule has 0 aliphatic rings. The van der Waals surface area contributed by atoms with Crippen molar-refractivity contribution in [1.82, 2.24) is 0 Å². The summed E-state index contributed by atoms with van der Waals surface area (Å²) >= 11 is 5.21. The maximum absolute atomic E-state index is 6.01. The fourth-order valence-corrected chi connectivity index (χ4v) is 3.33. The van der Waals surface area contributed by atoms with Crippen LogP contribution in [0.5, 0.6) is 5.75 Å². The summed E-state index contributed by atoms with van der Waals surface area (Å²) in [5.41, 5.74) is 8.26. The summed E-state index contributed by atoms with van der Waals surface area (Å²) in [6.07, 6.45) is -0.0796. The highest BCUT2D eigenvalue weighted by atomic mass is 79.9. The summed E-state index contributed by atoms with van der Waals surface area (Å²) in [6, 6.07) is 8.15. The second-order valence-corrected chi connectivity index (χ2v) is 6.05. The number of aryl methyl sites for hydroxylation is 2. The van der Waals surface area contributed by atoms with Crippen molar-refractivity contribution >= 4 is 27.3 Å². The Balaban J connectivity index is 2.23. The van der Waals surface area contributed by atoms with Crippen molar-refractivity contribution in [3.05, 3.63) is 50.1 Å². The lowest BCUT2D eigenvalue weighted by Crippen LogP contribution is -2.18. The number of halogens is 1. The zero-order valence-corrected chi connectivity index (χ0v) is 12.8. The van der Waals surface area contributed by atoms with Gasteiger partial charge in [-0.3, -0.25) is 0 Å². The molecule has 0 spiro atoms. The molecule has 0 saturated heterocycles. The molecule has 18 heavy (non-hydrogen) atoms. The average Bonchev–Trinajstić information content (AvgIpc) is 2.75. The van der Waals surface area contributed by atoms with E-state index < -0.39 is 0 Å². The summed E-state index contributed by atoms with van der Waals surface area (Å²) in [4.78, 5) is 1.20. The van der Waals surface area contributed by atoms with Crippen LogP contribution >= 0.6 is 27.3 Å². The minimum absolute atomic E-state index is 0.0796. The first-order valence-electron chi connectivity index (χ1n) is 5.78. The third kappa shape index (κ3) is 2.94. The van der Waals surface area contributed by atoms with E-state index in [1.165, 1.54) is 16.0 Å². The normalized spacial score (nSPS) is 12.4. The van der Waals surface area contributed by atoms with Crippen LogP contribution in [0.25, 0.3) is 0 Å². The standard InChI is InChI=1S/C14H16BrNOS/c1-9-3-4-12(11(15)7-9)17-13(8-16)14-10(2)5-6-18-14/h3-7,13H,8,16H2,1-2H3. The Morgan fingerprint density at radius 3 is 2.67 bits per heavy atom. The molecule has 0 aliphatic heterocycles. The Morgan fingerprint density at radius 2 is 2.11 bits per heavy atom. The second kappa shape index (κ2) is 5.87. The molecule has 1 heterocycles. The van der Waals surface area contributed by atoms with Crippen LogP contribution in [0, 0.1) is 13.8 Å². The number of hydrogen-bond acceptors (Lipinski definition) is 3. The average molecular weight is 326 g/mol. The molecule has 2 rings (SSSR count). The highest BCUT2D eigenvalue weighted by Crippen LogP contribution is 2.32. The Bertz CT molecular complexity index is 538. The van der Waals surface area contributed by atoms with Crippen LogP contribution in [-0.4, -0.2) is 6.54 Å². The third-order valence-corrected chi connectivity index (χ3v) is 4.50. The first kappa shape index (κ1) is 13.6. The van der Waals surface area contributed by atoms with Crippen molar-refractivity contribution in [3.63, 3.8) is 0 Å². The first-order valence-corrected chi connectivity index (χ1v) is 7.46. The van der Waals surface area contributed by atoms with Crippen LogP contribution in [-0.2, 0) is 0 Å². The summed E-state index contributed by atoms with van der Waals surface area (Å²) in [7, 11) is 0. The predicted octanol–water partition coefficient (Wildman–Crippen LogP) is 4.21. The van der Waals surface area contributed by atoms with Gasteiger partial charge in [-0.2, -0.15) is 0 Å². The van der Waals surface area contributed by atoms with Gasteiger partial charge < -0.3 is 10.5 Å². The second-order valence-electron chi connectivity index (χ2n) is 4.24. The molecule has 2 N–H and O–H groups in total. The Labute approximate surface area is 120 Å². The zero-order valence-electron chi connectivity index (χ0n) is 10.4. The van der Waals surface area contributed by atoms with Crippen molar-refractivity contribution in [3.8, 4) is 5.75 Å². The number of ether oxygens (including phenoxy) is 1. The molecule has 0 aliphatic carbocycles. The lowest BCUT2D eigenvalue weighted by Gasteiger charge is -2.18. The van der Waals surface area contributed by atoms with Gasteiger partial charge in [-0.25, -0.2) is 0 Å². The SMILES string of the molecule is Cc1ccc(OC(CN)c2sccc2C)c(Br)c1. The van der Waals surface area contributed by atoms with Crippen molar-refractivity contribution in [1.29, 1.82) is 0 Å². The minimum atomic E-state index is -0.0796. The van der Waals surface area contributed by atoms with E-state index in [-0.39, 0.29) is 6.10 Å². The van der Waals surface area contributed by atoms with Gasteiger partial charge in [-0.15, -0.1) is 11.3 Å². The molecular weight excluding hydrogens is 310 g/mol. The van der Waals surface area contributed by atoms with Crippen molar-refractivity contribution in [2.75, 3.05) is 6.54 Å². The van der Waals surface area contributed by atoms with Crippen LogP contribution in [0.2, 0.25) is 0 Å². The van der Waals surface area contributed by atoms with Crippen LogP contribution in [0.3, 0.4) is 0 Å². The molecule has 0 saturated carbocycles. The molecule has 2 nitrogen and oxygen atoms in total. The van der Waals surface area contributed by atoms with Crippen molar-refractivity contribution in [2.45, 2.75) is 20.0 Å². The highest BCUT2D eigenvalue weighted by Gasteiger charge is 2.16. The van der Waals surface area contributed by atoms with Gasteiger partial charge in [-0.1, -0.05) is 6.07 Å². The first-order chi connectivity index (χ1) is 8.61. The Hall–Kier alpha value is -0.840. The van der Waals surface area contributed by atoms with Crippen LogP contribution in [0.15, 0.2) is 34.1 Å². The van der Waals surface area contributed by atoms with Gasteiger partial charge in [0.1, 0.15) is 11.9 Å². The maximum atomic E-state index is 6.01. The van der Waals surface area contributed by atoms with Gasteiger partial charge in [0.25, 0.3) is 0 Å². The van der Waals surface area contributed by atoms with Crippen LogP contribution in [0.1, 0.15) is 22.1 Å². The Morgan fingerprint density at radius 1 is 1.33 bits per heavy atom. The lowest BCUT2D eigenvalue weighted by atomic mass is 10.2. The summed E-state index contributed by atoms with van der Waals surface area (Å²) in [6.45, 7) is 4.61. The molecule has 0 bridgehead atoms. The maximum Gasteiger partial charge on any atom is 0.145 e. The van der Waals surface area contributed by atoms with E-state index in [0.29, 0.717) is 6.54 Å². The largest absolute Gasteiger partial charge is 0.482 e. The monoisotopic (exact) mass is 325 g/mol. The third-order valence-electron chi connectivity index (χ3n) is 2.76. The Kier molecular flexibility index (Phi) is 4.43. The van der Waals surface area contributed by atoms with E-state index in [2.05, 4.69) is 41.2 Å². The molecular formula is C14H16BrNOS. The number of rotatable bonds is 4. The van der Waals surface area contributed by atoms with E-state index in [9.17, 15) is 0 Å². The molecule has 0 amide bonds. The van der Waals surface area contributed by atoms with E-state index >= 15 is 0 Å². The zero-order chi connectivity index (χ0) is 13.1. The molecule has 96 valence electrons. The lowest BCUT2D eigenvalue weighted by molar-refractivity contribution is 0.216. The van der Waals surface area contributed by atoms with E-state index in [0.717, 1.165) is 10.2 Å². The molecule has 1 aromatic heterocycles. The minimum Gasteiger partial charge on any atom is -0.482 e. The fraction of sp³-hybridized carbons (Fsp3) is 0.286. The number of thiophene rings is 1. The van der Waals surface area contributed by atoms with Gasteiger partial charge in [0.15, 0.2) is 0 Å². The molecule has 2 aromatic rings. The molecule has 0 fully saturated rings. The smallest absolute Gasteiger partial charge is 0.145 e. The summed E-state index contributed by atoms with van der Waals surface area (Å²) in [5, 5.41) is 2.07. The van der Waals surface area contributed by atoms with Gasteiger partial charge in [0.05, 0.1) is 4.47 Å². The van der Waals surface area contributed by atoms with Crippen molar-refractivity contribution < 1.29 is 4.74 Å². The fourth-order valence-electron chi connectivity index (χ4n) is 1.78. The molecule has 1 aromatic carbocycles. The van der Waals surface area contributed by atoms with Gasteiger partial charge in [-0.05, 0) is 64.5 Å². The number of hydrogen-bond donors (Lipinski definition) is 1. The quantitative estimate of drug-likeness (QED) is 0.914. The molecule has 1 atom stereocenters. The molecule has 0 radical (unpaired) electrons. The summed E-state index contributed by atoms with van der Waals surface area (Å²) < 4.78 is 6.98. The van der Waals surface area contributed by atoms with Crippen LogP contribution in [0.4, 0.5) is 0 Å². The van der Waals surface area contributed by atoms with E-state index in [1.54, 1.807) is 11.3 Å². The topological polar surface area (TPSA) is 35.2 Å². The number of nitrogens with two attached hydrogens (primary N) is 1. The predicted molar refractivity (Wildman–Crippen MR) is 80.4 cm³/mol. The van der Waals surface area contributed by atoms with Crippen molar-refractivity contribution in [2.24, 2.45) is 5.73 Å². The van der Waals surface area contributed by atoms with E-state index in [1.807, 2.05) is 18.2 Å². The summed E-state index contributed by atoms with van der Waals surface area (Å²) in [5.74, 6) is 0.837. The number of benzene rings is 1. The molecule has 4 heteroatoms. The van der Waals surface area contributed by atoms with Gasteiger partial charge >= 0.3 is 0 Å². The van der Waals surface area contributed by atoms with E-state index in [4.69, 9.17) is 10.5 Å². The van der Waals surface area contributed by atoms with Gasteiger partial charge in [0.2, 0.25) is 0 Å². The highest BCUT2D eigenvalue weighted by molar-refractivity contribution is 9.10. The van der Waals surface area contributed by atoms with Gasteiger partial charge in [0, 0.05) is 11.4 Å².